The second kappa shape index (κ2) is 6.86. The van der Waals surface area contributed by atoms with Gasteiger partial charge in [0.25, 0.3) is 5.91 Å². The van der Waals surface area contributed by atoms with Gasteiger partial charge in [-0.1, -0.05) is 28.9 Å². The Kier molecular flexibility index (Phi) is 4.90. The van der Waals surface area contributed by atoms with E-state index in [9.17, 15) is 4.79 Å². The van der Waals surface area contributed by atoms with Gasteiger partial charge in [-0.2, -0.15) is 0 Å². The Morgan fingerprint density at radius 2 is 2.05 bits per heavy atom. The van der Waals surface area contributed by atoms with E-state index in [2.05, 4.69) is 10.5 Å². The van der Waals surface area contributed by atoms with E-state index in [0.29, 0.717) is 0 Å². The normalized spacial score (nSPS) is 11.2. The third kappa shape index (κ3) is 4.20. The fourth-order valence-corrected chi connectivity index (χ4v) is 2.22. The summed E-state index contributed by atoms with van der Waals surface area (Å²) in [4.78, 5) is 17.8. The number of amides is 1. The van der Waals surface area contributed by atoms with Crippen LogP contribution in [0.25, 0.3) is 0 Å². The van der Waals surface area contributed by atoms with Gasteiger partial charge in [-0.05, 0) is 37.4 Å². The molecule has 0 aliphatic heterocycles. The maximum atomic E-state index is 11.7. The highest BCUT2D eigenvalue weighted by Gasteiger charge is 2.03. The average molecular weight is 288 g/mol. The first-order chi connectivity index (χ1) is 9.65. The highest BCUT2D eigenvalue weighted by Crippen LogP contribution is 2.10. The van der Waals surface area contributed by atoms with Crippen molar-refractivity contribution in [2.24, 2.45) is 5.16 Å². The van der Waals surface area contributed by atoms with Crippen LogP contribution in [0.1, 0.15) is 17.4 Å². The molecule has 1 amide bonds. The molecule has 0 saturated heterocycles. The van der Waals surface area contributed by atoms with Crippen LogP contribution in [0.3, 0.4) is 0 Å². The molecule has 20 heavy (non-hydrogen) atoms. The highest BCUT2D eigenvalue weighted by molar-refractivity contribution is 7.12. The smallest absolute Gasteiger partial charge is 0.265 e. The number of rotatable bonds is 5. The summed E-state index contributed by atoms with van der Waals surface area (Å²) in [5.74, 6) is -0.225. The highest BCUT2D eigenvalue weighted by atomic mass is 32.1. The minimum atomic E-state index is -0.225. The van der Waals surface area contributed by atoms with Crippen LogP contribution in [0.4, 0.5) is 5.69 Å². The van der Waals surface area contributed by atoms with Crippen LogP contribution in [0, 0.1) is 6.92 Å². The van der Waals surface area contributed by atoms with Gasteiger partial charge in [0, 0.05) is 5.69 Å². The maximum Gasteiger partial charge on any atom is 0.265 e. The summed E-state index contributed by atoms with van der Waals surface area (Å²) in [5.41, 5.74) is 2.67. The molecule has 0 atom stereocenters. The van der Waals surface area contributed by atoms with Crippen LogP contribution >= 0.6 is 11.3 Å². The van der Waals surface area contributed by atoms with Gasteiger partial charge in [-0.3, -0.25) is 4.79 Å². The Labute approximate surface area is 122 Å². The van der Waals surface area contributed by atoms with Crippen molar-refractivity contribution in [2.75, 3.05) is 11.9 Å². The zero-order chi connectivity index (χ0) is 14.4. The minimum Gasteiger partial charge on any atom is -0.385 e. The lowest BCUT2D eigenvalue weighted by Gasteiger charge is -2.05. The van der Waals surface area contributed by atoms with Crippen LogP contribution in [-0.2, 0) is 9.63 Å². The summed E-state index contributed by atoms with van der Waals surface area (Å²) in [5, 5.41) is 8.65. The van der Waals surface area contributed by atoms with Crippen LogP contribution in [0.2, 0.25) is 0 Å². The standard InChI is InChI=1S/C15H16N2O2S/c1-11-5-7-13(8-6-11)16-15(18)10-19-17-12(2)14-4-3-9-20-14/h3-9H,10H2,1-2H3,(H,16,18). The first-order valence-corrected chi connectivity index (χ1v) is 7.10. The Hall–Kier alpha value is -2.14. The second-order valence-electron chi connectivity index (χ2n) is 4.34. The molecule has 104 valence electrons. The van der Waals surface area contributed by atoms with Crippen LogP contribution in [-0.4, -0.2) is 18.2 Å². The number of hydrogen-bond acceptors (Lipinski definition) is 4. The number of carbonyl (C=O) groups is 1. The number of nitrogens with zero attached hydrogens (tertiary/aromatic N) is 1. The van der Waals surface area contributed by atoms with Crippen molar-refractivity contribution in [3.63, 3.8) is 0 Å². The molecule has 0 fully saturated rings. The van der Waals surface area contributed by atoms with Gasteiger partial charge in [0.05, 0.1) is 10.6 Å². The number of thiophene rings is 1. The van der Waals surface area contributed by atoms with Crippen molar-refractivity contribution in [1.82, 2.24) is 0 Å². The molecule has 0 saturated carbocycles. The Bertz CT molecular complexity index is 589. The van der Waals surface area contributed by atoms with Crippen LogP contribution < -0.4 is 5.32 Å². The monoisotopic (exact) mass is 288 g/mol. The predicted molar refractivity (Wildman–Crippen MR) is 82.3 cm³/mol. The van der Waals surface area contributed by atoms with E-state index in [0.717, 1.165) is 21.8 Å². The van der Waals surface area contributed by atoms with Crippen molar-refractivity contribution in [3.05, 3.63) is 52.2 Å². The summed E-state index contributed by atoms with van der Waals surface area (Å²) < 4.78 is 0. The molecule has 1 aromatic carbocycles. The molecule has 4 nitrogen and oxygen atoms in total. The van der Waals surface area contributed by atoms with Crippen molar-refractivity contribution in [1.29, 1.82) is 0 Å². The molecule has 0 spiro atoms. The van der Waals surface area contributed by atoms with Gasteiger partial charge in [0.2, 0.25) is 0 Å². The summed E-state index contributed by atoms with van der Waals surface area (Å²) in [7, 11) is 0. The number of aryl methyl sites for hydroxylation is 1. The van der Waals surface area contributed by atoms with Gasteiger partial charge < -0.3 is 10.2 Å². The number of anilines is 1. The molecule has 1 N–H and O–H groups in total. The van der Waals surface area contributed by atoms with E-state index in [4.69, 9.17) is 4.84 Å². The van der Waals surface area contributed by atoms with Crippen LogP contribution in [0.5, 0.6) is 0 Å². The summed E-state index contributed by atoms with van der Waals surface area (Å²) in [6.07, 6.45) is 0. The predicted octanol–water partition coefficient (Wildman–Crippen LogP) is 3.44. The summed E-state index contributed by atoms with van der Waals surface area (Å²) in [6, 6.07) is 11.5. The molecule has 0 unspecified atom stereocenters. The lowest BCUT2D eigenvalue weighted by molar-refractivity contribution is -0.120. The number of benzene rings is 1. The molecule has 5 heteroatoms. The van der Waals surface area contributed by atoms with E-state index < -0.39 is 0 Å². The third-order valence-corrected chi connectivity index (χ3v) is 3.59. The Morgan fingerprint density at radius 1 is 1.30 bits per heavy atom. The van der Waals surface area contributed by atoms with Crippen molar-refractivity contribution in [3.8, 4) is 0 Å². The zero-order valence-corrected chi connectivity index (χ0v) is 12.2. The van der Waals surface area contributed by atoms with Gasteiger partial charge in [0.1, 0.15) is 0 Å². The second-order valence-corrected chi connectivity index (χ2v) is 5.29. The molecule has 1 aromatic heterocycles. The average Bonchev–Trinajstić information content (AvgIpc) is 2.95. The molecule has 2 aromatic rings. The van der Waals surface area contributed by atoms with E-state index in [-0.39, 0.29) is 12.5 Å². The maximum absolute atomic E-state index is 11.7. The van der Waals surface area contributed by atoms with Crippen molar-refractivity contribution >= 4 is 28.6 Å². The zero-order valence-electron chi connectivity index (χ0n) is 11.4. The molecule has 2 rings (SSSR count). The molecule has 0 bridgehead atoms. The van der Waals surface area contributed by atoms with Gasteiger partial charge in [-0.25, -0.2) is 0 Å². The fourth-order valence-electron chi connectivity index (χ4n) is 1.55. The first-order valence-electron chi connectivity index (χ1n) is 6.22. The number of carbonyl (C=O) groups excluding carboxylic acids is 1. The minimum absolute atomic E-state index is 0.101. The summed E-state index contributed by atoms with van der Waals surface area (Å²) in [6.45, 7) is 3.75. The number of hydrogen-bond donors (Lipinski definition) is 1. The van der Waals surface area contributed by atoms with Crippen LogP contribution in [0.15, 0.2) is 46.9 Å². The van der Waals surface area contributed by atoms with Gasteiger partial charge in [-0.15, -0.1) is 11.3 Å². The SMILES string of the molecule is CC(=NOCC(=O)Nc1ccc(C)cc1)c1cccs1. The van der Waals surface area contributed by atoms with E-state index in [1.54, 1.807) is 11.3 Å². The topological polar surface area (TPSA) is 50.7 Å². The lowest BCUT2D eigenvalue weighted by Crippen LogP contribution is -2.17. The van der Waals surface area contributed by atoms with E-state index >= 15 is 0 Å². The quantitative estimate of drug-likeness (QED) is 0.677. The lowest BCUT2D eigenvalue weighted by atomic mass is 10.2. The largest absolute Gasteiger partial charge is 0.385 e. The van der Waals surface area contributed by atoms with Crippen molar-refractivity contribution in [2.45, 2.75) is 13.8 Å². The van der Waals surface area contributed by atoms with E-state index in [1.807, 2.05) is 55.6 Å². The van der Waals surface area contributed by atoms with Gasteiger partial charge in [0.15, 0.2) is 6.61 Å². The van der Waals surface area contributed by atoms with Crippen molar-refractivity contribution < 1.29 is 9.63 Å². The van der Waals surface area contributed by atoms with Gasteiger partial charge >= 0.3 is 0 Å². The molecule has 1 heterocycles. The Balaban J connectivity index is 1.81. The number of nitrogens with one attached hydrogen (secondary N) is 1. The Morgan fingerprint density at radius 3 is 2.70 bits per heavy atom. The first kappa shape index (κ1) is 14.3. The molecular weight excluding hydrogens is 272 g/mol. The summed E-state index contributed by atoms with van der Waals surface area (Å²) >= 11 is 1.58. The molecule has 0 aliphatic rings. The molecular formula is C15H16N2O2S. The molecule has 0 radical (unpaired) electrons. The number of oxime groups is 1. The molecule has 0 aliphatic carbocycles. The van der Waals surface area contributed by atoms with E-state index in [1.165, 1.54) is 0 Å². The third-order valence-electron chi connectivity index (χ3n) is 2.61. The fraction of sp³-hybridized carbons (Fsp3) is 0.200.